The van der Waals surface area contributed by atoms with Crippen molar-refractivity contribution in [3.8, 4) is 0 Å². The molecule has 1 aliphatic heterocycles. The Bertz CT molecular complexity index is 385. The maximum atomic E-state index is 11.0. The quantitative estimate of drug-likeness (QED) is 0.381. The summed E-state index contributed by atoms with van der Waals surface area (Å²) >= 11 is 0. The number of anilines is 1. The van der Waals surface area contributed by atoms with Crippen LogP contribution in [0.4, 0.5) is 5.69 Å². The SMILES string of the molecule is O=C1Cc2cccc(C=NO)c2N1. The molecule has 0 atom stereocenters. The van der Waals surface area contributed by atoms with Crippen LogP contribution in [0, 0.1) is 0 Å². The first-order valence-electron chi connectivity index (χ1n) is 3.90. The van der Waals surface area contributed by atoms with Crippen LogP contribution in [-0.4, -0.2) is 17.3 Å². The molecule has 1 aromatic rings. The van der Waals surface area contributed by atoms with Crippen molar-refractivity contribution in [2.24, 2.45) is 5.16 Å². The van der Waals surface area contributed by atoms with Crippen LogP contribution in [0.15, 0.2) is 23.4 Å². The highest BCUT2D eigenvalue weighted by Crippen LogP contribution is 2.25. The number of fused-ring (bicyclic) bond motifs is 1. The molecular weight excluding hydrogens is 168 g/mol. The zero-order valence-corrected chi connectivity index (χ0v) is 6.82. The highest BCUT2D eigenvalue weighted by Gasteiger charge is 2.19. The smallest absolute Gasteiger partial charge is 0.228 e. The van der Waals surface area contributed by atoms with Gasteiger partial charge in [-0.1, -0.05) is 23.4 Å². The summed E-state index contributed by atoms with van der Waals surface area (Å²) in [5, 5.41) is 14.0. The molecule has 2 N–H and O–H groups in total. The van der Waals surface area contributed by atoms with E-state index in [0.717, 1.165) is 16.8 Å². The predicted molar refractivity (Wildman–Crippen MR) is 48.2 cm³/mol. The number of hydrogen-bond acceptors (Lipinski definition) is 3. The van der Waals surface area contributed by atoms with Gasteiger partial charge in [0, 0.05) is 5.56 Å². The summed E-state index contributed by atoms with van der Waals surface area (Å²) in [5.41, 5.74) is 2.43. The minimum atomic E-state index is -0.0196. The Balaban J connectivity index is 2.51. The summed E-state index contributed by atoms with van der Waals surface area (Å²) in [7, 11) is 0. The molecule has 0 fully saturated rings. The maximum absolute atomic E-state index is 11.0. The van der Waals surface area contributed by atoms with Gasteiger partial charge in [0.05, 0.1) is 18.3 Å². The van der Waals surface area contributed by atoms with E-state index in [1.165, 1.54) is 6.21 Å². The van der Waals surface area contributed by atoms with E-state index >= 15 is 0 Å². The van der Waals surface area contributed by atoms with Gasteiger partial charge in [0.2, 0.25) is 5.91 Å². The maximum Gasteiger partial charge on any atom is 0.228 e. The van der Waals surface area contributed by atoms with Gasteiger partial charge in [-0.25, -0.2) is 0 Å². The third-order valence-corrected chi connectivity index (χ3v) is 2.00. The number of hydrogen-bond donors (Lipinski definition) is 2. The zero-order chi connectivity index (χ0) is 9.26. The molecule has 4 nitrogen and oxygen atoms in total. The van der Waals surface area contributed by atoms with Crippen molar-refractivity contribution < 1.29 is 10.0 Å². The molecule has 0 bridgehead atoms. The number of nitrogens with one attached hydrogen (secondary N) is 1. The van der Waals surface area contributed by atoms with Gasteiger partial charge in [0.25, 0.3) is 0 Å². The summed E-state index contributed by atoms with van der Waals surface area (Å²) in [5.74, 6) is -0.0196. The fraction of sp³-hybridized carbons (Fsp3) is 0.111. The first kappa shape index (κ1) is 7.79. The van der Waals surface area contributed by atoms with Crippen molar-refractivity contribution in [3.63, 3.8) is 0 Å². The lowest BCUT2D eigenvalue weighted by Crippen LogP contribution is -2.04. The molecule has 2 rings (SSSR count). The average molecular weight is 176 g/mol. The van der Waals surface area contributed by atoms with Crippen LogP contribution in [0.1, 0.15) is 11.1 Å². The second kappa shape index (κ2) is 2.90. The molecule has 0 saturated heterocycles. The average Bonchev–Trinajstić information content (AvgIpc) is 2.47. The molecule has 13 heavy (non-hydrogen) atoms. The number of carbonyl (C=O) groups is 1. The van der Waals surface area contributed by atoms with Crippen LogP contribution in [0.5, 0.6) is 0 Å². The van der Waals surface area contributed by atoms with Crippen molar-refractivity contribution in [2.75, 3.05) is 5.32 Å². The van der Waals surface area contributed by atoms with E-state index in [4.69, 9.17) is 5.21 Å². The van der Waals surface area contributed by atoms with Gasteiger partial charge in [-0.3, -0.25) is 4.79 Å². The van der Waals surface area contributed by atoms with Gasteiger partial charge >= 0.3 is 0 Å². The van der Waals surface area contributed by atoms with E-state index in [0.29, 0.717) is 6.42 Å². The topological polar surface area (TPSA) is 61.7 Å². The fourth-order valence-electron chi connectivity index (χ4n) is 1.45. The zero-order valence-electron chi connectivity index (χ0n) is 6.82. The lowest BCUT2D eigenvalue weighted by atomic mass is 10.1. The Morgan fingerprint density at radius 2 is 2.38 bits per heavy atom. The number of nitrogens with zero attached hydrogens (tertiary/aromatic N) is 1. The first-order chi connectivity index (χ1) is 6.31. The van der Waals surface area contributed by atoms with Crippen LogP contribution < -0.4 is 5.32 Å². The van der Waals surface area contributed by atoms with Crippen LogP contribution in [0.2, 0.25) is 0 Å². The summed E-state index contributed by atoms with van der Waals surface area (Å²) in [6.45, 7) is 0. The Morgan fingerprint density at radius 1 is 1.54 bits per heavy atom. The molecule has 1 aliphatic rings. The van der Waals surface area contributed by atoms with E-state index in [9.17, 15) is 4.79 Å². The molecule has 1 amide bonds. The van der Waals surface area contributed by atoms with Crippen molar-refractivity contribution in [2.45, 2.75) is 6.42 Å². The van der Waals surface area contributed by atoms with Gasteiger partial charge in [-0.2, -0.15) is 0 Å². The van der Waals surface area contributed by atoms with Crippen molar-refractivity contribution in [3.05, 3.63) is 29.3 Å². The fourth-order valence-corrected chi connectivity index (χ4v) is 1.45. The second-order valence-electron chi connectivity index (χ2n) is 2.85. The molecule has 66 valence electrons. The monoisotopic (exact) mass is 176 g/mol. The molecule has 0 aliphatic carbocycles. The van der Waals surface area contributed by atoms with Gasteiger partial charge in [0.1, 0.15) is 0 Å². The summed E-state index contributed by atoms with van der Waals surface area (Å²) < 4.78 is 0. The molecule has 0 unspecified atom stereocenters. The van der Waals surface area contributed by atoms with Crippen LogP contribution in [0.3, 0.4) is 0 Å². The number of amides is 1. The lowest BCUT2D eigenvalue weighted by Gasteiger charge is -2.01. The second-order valence-corrected chi connectivity index (χ2v) is 2.85. The Labute approximate surface area is 74.9 Å². The highest BCUT2D eigenvalue weighted by molar-refractivity contribution is 6.04. The number of carbonyl (C=O) groups excluding carboxylic acids is 1. The number of para-hydroxylation sites is 1. The van der Waals surface area contributed by atoms with Crippen molar-refractivity contribution in [1.82, 2.24) is 0 Å². The number of rotatable bonds is 1. The van der Waals surface area contributed by atoms with Crippen LogP contribution >= 0.6 is 0 Å². The third kappa shape index (κ3) is 1.26. The number of oxime groups is 1. The summed E-state index contributed by atoms with van der Waals surface area (Å²) in [6, 6.07) is 5.49. The minimum Gasteiger partial charge on any atom is -0.411 e. The van der Waals surface area contributed by atoms with Crippen molar-refractivity contribution >= 4 is 17.8 Å². The van der Waals surface area contributed by atoms with Crippen LogP contribution in [0.25, 0.3) is 0 Å². The molecular formula is C9H8N2O2. The first-order valence-corrected chi connectivity index (χ1v) is 3.90. The molecule has 1 aromatic carbocycles. The van der Waals surface area contributed by atoms with Crippen molar-refractivity contribution in [1.29, 1.82) is 0 Å². The van der Waals surface area contributed by atoms with E-state index in [1.54, 1.807) is 6.07 Å². The van der Waals surface area contributed by atoms with E-state index < -0.39 is 0 Å². The lowest BCUT2D eigenvalue weighted by molar-refractivity contribution is -0.115. The summed E-state index contributed by atoms with van der Waals surface area (Å²) in [6.07, 6.45) is 1.72. The van der Waals surface area contributed by atoms with Gasteiger partial charge < -0.3 is 10.5 Å². The molecule has 4 heteroatoms. The molecule has 0 saturated carbocycles. The van der Waals surface area contributed by atoms with E-state index in [1.807, 2.05) is 12.1 Å². The Hall–Kier alpha value is -1.84. The Kier molecular flexibility index (Phi) is 1.73. The van der Waals surface area contributed by atoms with Crippen LogP contribution in [-0.2, 0) is 11.2 Å². The normalized spacial score (nSPS) is 14.6. The van der Waals surface area contributed by atoms with Gasteiger partial charge in [-0.05, 0) is 5.56 Å². The Morgan fingerprint density at radius 3 is 3.15 bits per heavy atom. The minimum absolute atomic E-state index is 0.0196. The van der Waals surface area contributed by atoms with Gasteiger partial charge in [-0.15, -0.1) is 0 Å². The van der Waals surface area contributed by atoms with E-state index in [2.05, 4.69) is 10.5 Å². The molecule has 0 spiro atoms. The molecule has 1 heterocycles. The largest absolute Gasteiger partial charge is 0.411 e. The molecule has 0 aromatic heterocycles. The third-order valence-electron chi connectivity index (χ3n) is 2.00. The van der Waals surface area contributed by atoms with E-state index in [-0.39, 0.29) is 5.91 Å². The standard InChI is InChI=1S/C9H8N2O2/c12-8-4-6-2-1-3-7(5-10-13)9(6)11-8/h1-3,5,13H,4H2,(H,11,12). The predicted octanol–water partition coefficient (Wildman–Crippen LogP) is 0.989. The highest BCUT2D eigenvalue weighted by atomic mass is 16.4. The number of benzene rings is 1. The van der Waals surface area contributed by atoms with Gasteiger partial charge in [0.15, 0.2) is 0 Å². The summed E-state index contributed by atoms with van der Waals surface area (Å²) in [4.78, 5) is 11.0. The molecule has 0 radical (unpaired) electrons.